The van der Waals surface area contributed by atoms with Crippen LogP contribution < -0.4 is 0 Å². The summed E-state index contributed by atoms with van der Waals surface area (Å²) >= 11 is 0. The Kier molecular flexibility index (Phi) is 7.83. The summed E-state index contributed by atoms with van der Waals surface area (Å²) in [6.07, 6.45) is 1.44. The van der Waals surface area contributed by atoms with Crippen molar-refractivity contribution >= 4 is 11.6 Å². The summed E-state index contributed by atoms with van der Waals surface area (Å²) in [5, 5.41) is 9.24. The fourth-order valence-corrected chi connectivity index (χ4v) is 2.05. The fourth-order valence-electron chi connectivity index (χ4n) is 2.05. The van der Waals surface area contributed by atoms with E-state index in [1.807, 2.05) is 6.92 Å². The molecule has 0 spiro atoms. The Morgan fingerprint density at radius 3 is 2.21 bits per heavy atom. The fraction of sp³-hybridized carbons (Fsp3) is 0.300. The summed E-state index contributed by atoms with van der Waals surface area (Å²) in [6.45, 7) is 5.32. The zero-order valence-electron chi connectivity index (χ0n) is 14.3. The molecular weight excluding hydrogens is 307 g/mol. The van der Waals surface area contributed by atoms with Crippen molar-refractivity contribution in [2.24, 2.45) is 0 Å². The highest BCUT2D eigenvalue weighted by Gasteiger charge is 2.10. The van der Waals surface area contributed by atoms with E-state index >= 15 is 0 Å². The van der Waals surface area contributed by atoms with Gasteiger partial charge in [-0.3, -0.25) is 4.79 Å². The molecule has 0 unspecified atom stereocenters. The Hall–Kier alpha value is -2.49. The van der Waals surface area contributed by atoms with Crippen LogP contribution in [-0.2, 0) is 11.2 Å². The average Bonchev–Trinajstić information content (AvgIpc) is 2.56. The first-order valence-electron chi connectivity index (χ1n) is 7.90. The van der Waals surface area contributed by atoms with Crippen LogP contribution in [0.3, 0.4) is 0 Å². The van der Waals surface area contributed by atoms with Crippen LogP contribution >= 0.6 is 0 Å². The summed E-state index contributed by atoms with van der Waals surface area (Å²) in [5.74, 6) is -0.182. The number of carbonyl (C=O) groups excluding carboxylic acids is 2. The Bertz CT molecular complexity index is 691. The maximum absolute atomic E-state index is 12.2. The van der Waals surface area contributed by atoms with Crippen LogP contribution in [0.5, 0.6) is 5.75 Å². The van der Waals surface area contributed by atoms with E-state index in [2.05, 4.69) is 0 Å². The minimum atomic E-state index is -0.160. The van der Waals surface area contributed by atoms with Crippen LogP contribution in [0.2, 0.25) is 0 Å². The van der Waals surface area contributed by atoms with Crippen LogP contribution in [0.15, 0.2) is 42.5 Å². The number of aryl methyl sites for hydroxylation is 2. The summed E-state index contributed by atoms with van der Waals surface area (Å²) in [4.78, 5) is 22.4. The van der Waals surface area contributed by atoms with Gasteiger partial charge in [0.1, 0.15) is 17.3 Å². The van der Waals surface area contributed by atoms with Crippen molar-refractivity contribution in [1.29, 1.82) is 0 Å². The van der Waals surface area contributed by atoms with Crippen LogP contribution in [-0.4, -0.2) is 16.7 Å². The van der Waals surface area contributed by atoms with Gasteiger partial charge in [-0.05, 0) is 55.7 Å². The zero-order valence-corrected chi connectivity index (χ0v) is 14.3. The number of hydrogen-bond donors (Lipinski definition) is 1. The molecule has 4 heteroatoms. The van der Waals surface area contributed by atoms with E-state index in [9.17, 15) is 19.1 Å². The Labute approximate surface area is 142 Å². The smallest absolute Gasteiger partial charge is 0.163 e. The molecule has 0 radical (unpaired) electrons. The molecule has 2 aromatic carbocycles. The van der Waals surface area contributed by atoms with E-state index in [1.54, 1.807) is 25.1 Å². The first kappa shape index (κ1) is 19.6. The number of rotatable bonds is 5. The second-order valence-electron chi connectivity index (χ2n) is 5.60. The third-order valence-electron chi connectivity index (χ3n) is 3.55. The van der Waals surface area contributed by atoms with Gasteiger partial charge in [0.2, 0.25) is 0 Å². The maximum Gasteiger partial charge on any atom is 0.163 e. The number of hydrogen-bond acceptors (Lipinski definition) is 3. The van der Waals surface area contributed by atoms with E-state index in [1.165, 1.54) is 36.8 Å². The molecule has 24 heavy (non-hydrogen) atoms. The lowest BCUT2D eigenvalue weighted by atomic mass is 10.0. The van der Waals surface area contributed by atoms with E-state index in [0.717, 1.165) is 12.0 Å². The molecule has 0 fully saturated rings. The van der Waals surface area contributed by atoms with Gasteiger partial charge in [-0.15, -0.1) is 0 Å². The average molecular weight is 330 g/mol. The van der Waals surface area contributed by atoms with Crippen LogP contribution in [0, 0.1) is 12.7 Å². The SMILES string of the molecule is CC(=O)CCC(=O)c1cc(O)ccc1C.CCc1ccc(F)cc1. The lowest BCUT2D eigenvalue weighted by molar-refractivity contribution is -0.116. The monoisotopic (exact) mass is 330 g/mol. The molecule has 1 N–H and O–H groups in total. The summed E-state index contributed by atoms with van der Waals surface area (Å²) in [5.41, 5.74) is 2.49. The molecule has 2 rings (SSSR count). The standard InChI is InChI=1S/C12H14O3.C8H9F/c1-8-3-5-10(14)7-11(8)12(15)6-4-9(2)13;1-2-7-3-5-8(9)6-4-7/h3,5,7,14H,4,6H2,1-2H3;3-6H,2H2,1H3. The lowest BCUT2D eigenvalue weighted by Gasteiger charge is -2.04. The first-order chi connectivity index (χ1) is 11.3. The molecule has 128 valence electrons. The molecular formula is C20H23FO3. The van der Waals surface area contributed by atoms with Crippen LogP contribution in [0.4, 0.5) is 4.39 Å². The van der Waals surface area contributed by atoms with E-state index in [0.29, 0.717) is 5.56 Å². The van der Waals surface area contributed by atoms with Gasteiger partial charge in [-0.25, -0.2) is 4.39 Å². The second-order valence-corrected chi connectivity index (χ2v) is 5.60. The first-order valence-corrected chi connectivity index (χ1v) is 7.90. The quantitative estimate of drug-likeness (QED) is 0.813. The van der Waals surface area contributed by atoms with E-state index in [-0.39, 0.29) is 36.0 Å². The molecule has 3 nitrogen and oxygen atoms in total. The van der Waals surface area contributed by atoms with Crippen molar-refractivity contribution in [3.63, 3.8) is 0 Å². The summed E-state index contributed by atoms with van der Waals surface area (Å²) in [7, 11) is 0. The number of Topliss-reactive ketones (excluding diaryl/α,β-unsaturated/α-hetero) is 2. The van der Waals surface area contributed by atoms with Crippen molar-refractivity contribution in [2.75, 3.05) is 0 Å². The number of aromatic hydroxyl groups is 1. The molecule has 0 saturated carbocycles. The van der Waals surface area contributed by atoms with Crippen molar-refractivity contribution in [2.45, 2.75) is 40.0 Å². The molecule has 0 bridgehead atoms. The third kappa shape index (κ3) is 6.73. The van der Waals surface area contributed by atoms with Gasteiger partial charge in [-0.2, -0.15) is 0 Å². The number of ketones is 2. The molecule has 0 aliphatic carbocycles. The van der Waals surface area contributed by atoms with Gasteiger partial charge in [0.15, 0.2) is 5.78 Å². The van der Waals surface area contributed by atoms with Crippen LogP contribution in [0.25, 0.3) is 0 Å². The molecule has 0 atom stereocenters. The second kappa shape index (κ2) is 9.60. The van der Waals surface area contributed by atoms with E-state index in [4.69, 9.17) is 0 Å². The van der Waals surface area contributed by atoms with Crippen molar-refractivity contribution < 1.29 is 19.1 Å². The highest BCUT2D eigenvalue weighted by molar-refractivity contribution is 5.99. The van der Waals surface area contributed by atoms with Gasteiger partial charge in [0.05, 0.1) is 0 Å². The Balaban J connectivity index is 0.000000272. The predicted molar refractivity (Wildman–Crippen MR) is 92.9 cm³/mol. The van der Waals surface area contributed by atoms with Crippen molar-refractivity contribution in [3.05, 3.63) is 65.0 Å². The number of phenols is 1. The minimum absolute atomic E-state index is 0.00107. The van der Waals surface area contributed by atoms with Gasteiger partial charge in [0.25, 0.3) is 0 Å². The zero-order chi connectivity index (χ0) is 18.1. The number of halogens is 1. The molecule has 0 aromatic heterocycles. The topological polar surface area (TPSA) is 54.4 Å². The van der Waals surface area contributed by atoms with Gasteiger partial charge in [0, 0.05) is 18.4 Å². The highest BCUT2D eigenvalue weighted by Crippen LogP contribution is 2.18. The molecule has 0 saturated heterocycles. The normalized spacial score (nSPS) is 9.83. The summed E-state index contributed by atoms with van der Waals surface area (Å²) in [6, 6.07) is 11.2. The highest BCUT2D eigenvalue weighted by atomic mass is 19.1. The molecule has 0 heterocycles. The number of benzene rings is 2. The van der Waals surface area contributed by atoms with Crippen molar-refractivity contribution in [3.8, 4) is 5.75 Å². The molecule has 0 aliphatic rings. The van der Waals surface area contributed by atoms with Crippen LogP contribution in [0.1, 0.15) is 48.2 Å². The van der Waals surface area contributed by atoms with Gasteiger partial charge in [-0.1, -0.05) is 25.1 Å². The largest absolute Gasteiger partial charge is 0.508 e. The third-order valence-corrected chi connectivity index (χ3v) is 3.55. The molecule has 0 aliphatic heterocycles. The molecule has 2 aromatic rings. The number of carbonyl (C=O) groups is 2. The summed E-state index contributed by atoms with van der Waals surface area (Å²) < 4.78 is 12.2. The van der Waals surface area contributed by atoms with E-state index < -0.39 is 0 Å². The van der Waals surface area contributed by atoms with Gasteiger partial charge >= 0.3 is 0 Å². The van der Waals surface area contributed by atoms with Crippen molar-refractivity contribution in [1.82, 2.24) is 0 Å². The predicted octanol–water partition coefficient (Wildman–Crippen LogP) is 4.64. The maximum atomic E-state index is 12.2. The Morgan fingerprint density at radius 2 is 1.67 bits per heavy atom. The lowest BCUT2D eigenvalue weighted by Crippen LogP contribution is -2.04. The number of phenolic OH excluding ortho intramolecular Hbond substituents is 1. The minimum Gasteiger partial charge on any atom is -0.508 e. The Morgan fingerprint density at radius 1 is 1.04 bits per heavy atom. The molecule has 0 amide bonds. The van der Waals surface area contributed by atoms with Gasteiger partial charge < -0.3 is 9.90 Å².